The van der Waals surface area contributed by atoms with E-state index in [0.717, 1.165) is 50.8 Å². The Kier molecular flexibility index (Phi) is 6.17. The van der Waals surface area contributed by atoms with E-state index in [1.807, 2.05) is 17.0 Å². The van der Waals surface area contributed by atoms with Gasteiger partial charge in [-0.1, -0.05) is 5.16 Å². The third-order valence-corrected chi connectivity index (χ3v) is 5.77. The molecule has 1 N–H and O–H groups in total. The highest BCUT2D eigenvalue weighted by molar-refractivity contribution is 5.80. The second-order valence-corrected chi connectivity index (χ2v) is 7.91. The maximum Gasteiger partial charge on any atom is 0.226 e. The fraction of sp³-hybridized carbons (Fsp3) is 0.571. The number of hydrogen-bond acceptors (Lipinski definition) is 6. The van der Waals surface area contributed by atoms with E-state index in [0.29, 0.717) is 31.0 Å². The van der Waals surface area contributed by atoms with E-state index >= 15 is 0 Å². The maximum atomic E-state index is 12.5. The van der Waals surface area contributed by atoms with Crippen LogP contribution in [-0.4, -0.2) is 51.0 Å². The van der Waals surface area contributed by atoms with E-state index < -0.39 is 0 Å². The summed E-state index contributed by atoms with van der Waals surface area (Å²) in [5, 5.41) is 7.06. The summed E-state index contributed by atoms with van der Waals surface area (Å²) in [6, 6.07) is 3.76. The van der Waals surface area contributed by atoms with Crippen molar-refractivity contribution in [1.29, 1.82) is 0 Å². The summed E-state index contributed by atoms with van der Waals surface area (Å²) in [4.78, 5) is 35.1. The molecule has 0 bridgehead atoms. The second-order valence-electron chi connectivity index (χ2n) is 7.91. The van der Waals surface area contributed by atoms with Gasteiger partial charge in [-0.3, -0.25) is 14.6 Å². The molecule has 2 fully saturated rings. The Morgan fingerprint density at radius 1 is 1.17 bits per heavy atom. The average Bonchev–Trinajstić information content (AvgIpc) is 3.50. The minimum atomic E-state index is 0.0261. The first-order valence-electron chi connectivity index (χ1n) is 10.5. The zero-order chi connectivity index (χ0) is 20.1. The summed E-state index contributed by atoms with van der Waals surface area (Å²) >= 11 is 0. The van der Waals surface area contributed by atoms with Gasteiger partial charge in [0.2, 0.25) is 23.5 Å². The molecule has 2 amide bonds. The van der Waals surface area contributed by atoms with Gasteiger partial charge in [0.1, 0.15) is 0 Å². The van der Waals surface area contributed by atoms with E-state index in [4.69, 9.17) is 4.52 Å². The first-order chi connectivity index (χ1) is 14.2. The largest absolute Gasteiger partial charge is 0.353 e. The van der Waals surface area contributed by atoms with Crippen LogP contribution in [0.25, 0.3) is 11.4 Å². The number of nitrogens with zero attached hydrogens (tertiary/aromatic N) is 4. The number of aromatic nitrogens is 3. The Hall–Kier alpha value is -2.77. The minimum Gasteiger partial charge on any atom is -0.353 e. The fourth-order valence-corrected chi connectivity index (χ4v) is 4.21. The third-order valence-electron chi connectivity index (χ3n) is 5.77. The molecule has 0 aromatic carbocycles. The lowest BCUT2D eigenvalue weighted by Gasteiger charge is -2.20. The van der Waals surface area contributed by atoms with Crippen molar-refractivity contribution in [3.63, 3.8) is 0 Å². The topological polar surface area (TPSA) is 101 Å². The van der Waals surface area contributed by atoms with Crippen molar-refractivity contribution in [3.05, 3.63) is 30.4 Å². The Bertz CT molecular complexity index is 832. The predicted octanol–water partition coefficient (Wildman–Crippen LogP) is 2.36. The van der Waals surface area contributed by atoms with Crippen molar-refractivity contribution in [1.82, 2.24) is 25.3 Å². The minimum absolute atomic E-state index is 0.0261. The van der Waals surface area contributed by atoms with Crippen LogP contribution in [0.3, 0.4) is 0 Å². The summed E-state index contributed by atoms with van der Waals surface area (Å²) in [7, 11) is 0. The molecular weight excluding hydrogens is 370 g/mol. The molecule has 0 spiro atoms. The quantitative estimate of drug-likeness (QED) is 0.770. The summed E-state index contributed by atoms with van der Waals surface area (Å²) in [5.74, 6) is 1.44. The first-order valence-corrected chi connectivity index (χ1v) is 10.5. The molecule has 154 valence electrons. The van der Waals surface area contributed by atoms with E-state index in [1.54, 1.807) is 12.4 Å². The van der Waals surface area contributed by atoms with E-state index in [2.05, 4.69) is 20.4 Å². The number of carbonyl (C=O) groups excluding carboxylic acids is 2. The van der Waals surface area contributed by atoms with E-state index in [-0.39, 0.29) is 23.8 Å². The van der Waals surface area contributed by atoms with Gasteiger partial charge in [0.25, 0.3) is 0 Å². The van der Waals surface area contributed by atoms with Gasteiger partial charge in [0.05, 0.1) is 0 Å². The van der Waals surface area contributed by atoms with Crippen LogP contribution in [0.1, 0.15) is 50.8 Å². The normalized spacial score (nSPS) is 21.4. The average molecular weight is 397 g/mol. The highest BCUT2D eigenvalue weighted by Crippen LogP contribution is 2.28. The van der Waals surface area contributed by atoms with Crippen LogP contribution in [0.5, 0.6) is 0 Å². The van der Waals surface area contributed by atoms with E-state index in [1.165, 1.54) is 0 Å². The molecule has 1 saturated carbocycles. The van der Waals surface area contributed by atoms with Gasteiger partial charge >= 0.3 is 0 Å². The molecule has 3 heterocycles. The van der Waals surface area contributed by atoms with Crippen molar-refractivity contribution < 1.29 is 14.1 Å². The maximum absolute atomic E-state index is 12.5. The van der Waals surface area contributed by atoms with Crippen LogP contribution in [-0.2, 0) is 16.0 Å². The highest BCUT2D eigenvalue weighted by Gasteiger charge is 2.34. The van der Waals surface area contributed by atoms with Crippen LogP contribution in [0, 0.1) is 5.92 Å². The van der Waals surface area contributed by atoms with Gasteiger partial charge in [0.15, 0.2) is 0 Å². The van der Waals surface area contributed by atoms with E-state index in [9.17, 15) is 9.59 Å². The van der Waals surface area contributed by atoms with Crippen molar-refractivity contribution in [2.45, 2.75) is 57.4 Å². The fourth-order valence-electron chi connectivity index (χ4n) is 4.21. The standard InChI is InChI=1S/C21H27N5O3/c27-18(23-17-7-6-16(14-17)21(28)26-12-1-2-13-26)4-3-5-19-24-20(25-29-19)15-8-10-22-11-9-15/h8-11,16-17H,1-7,12-14H2,(H,23,27)/t16-,17+/m0/s1. The van der Waals surface area contributed by atoms with Crippen LogP contribution in [0.15, 0.2) is 29.0 Å². The molecule has 0 unspecified atom stereocenters. The predicted molar refractivity (Wildman–Crippen MR) is 106 cm³/mol. The Morgan fingerprint density at radius 3 is 2.76 bits per heavy atom. The number of aryl methyl sites for hydroxylation is 1. The number of carbonyl (C=O) groups is 2. The van der Waals surface area contributed by atoms with Gasteiger partial charge in [-0.25, -0.2) is 0 Å². The second kappa shape index (κ2) is 9.15. The lowest BCUT2D eigenvalue weighted by molar-refractivity contribution is -0.134. The number of amides is 2. The van der Waals surface area contributed by atoms with Gasteiger partial charge in [-0.2, -0.15) is 4.98 Å². The smallest absolute Gasteiger partial charge is 0.226 e. The zero-order valence-corrected chi connectivity index (χ0v) is 16.5. The Morgan fingerprint density at radius 2 is 1.97 bits per heavy atom. The van der Waals surface area contributed by atoms with Crippen molar-refractivity contribution in [3.8, 4) is 11.4 Å². The van der Waals surface area contributed by atoms with Crippen molar-refractivity contribution in [2.75, 3.05) is 13.1 Å². The molecule has 2 atom stereocenters. The molecule has 2 aromatic heterocycles. The molecule has 8 heteroatoms. The molecular formula is C21H27N5O3. The van der Waals surface area contributed by atoms with Crippen LogP contribution >= 0.6 is 0 Å². The third kappa shape index (κ3) is 4.99. The summed E-state index contributed by atoms with van der Waals surface area (Å²) in [5.41, 5.74) is 0.854. The van der Waals surface area contributed by atoms with Crippen LogP contribution < -0.4 is 5.32 Å². The summed E-state index contributed by atoms with van der Waals surface area (Å²) in [6.45, 7) is 1.79. The lowest BCUT2D eigenvalue weighted by atomic mass is 10.1. The Labute approximate surface area is 170 Å². The number of hydrogen-bond donors (Lipinski definition) is 1. The number of nitrogens with one attached hydrogen (secondary N) is 1. The molecule has 4 rings (SSSR count). The van der Waals surface area contributed by atoms with Gasteiger partial charge in [0, 0.05) is 55.8 Å². The zero-order valence-electron chi connectivity index (χ0n) is 16.5. The molecule has 8 nitrogen and oxygen atoms in total. The summed E-state index contributed by atoms with van der Waals surface area (Å²) in [6.07, 6.45) is 9.73. The number of pyridine rings is 1. The molecule has 1 aliphatic carbocycles. The Balaban J connectivity index is 1.17. The monoisotopic (exact) mass is 397 g/mol. The van der Waals surface area contributed by atoms with Crippen LogP contribution in [0.2, 0.25) is 0 Å². The van der Waals surface area contributed by atoms with Crippen molar-refractivity contribution in [2.24, 2.45) is 5.92 Å². The van der Waals surface area contributed by atoms with Gasteiger partial charge in [-0.05, 0) is 50.7 Å². The van der Waals surface area contributed by atoms with Crippen LogP contribution in [0.4, 0.5) is 0 Å². The first kappa shape index (κ1) is 19.5. The van der Waals surface area contributed by atoms with Gasteiger partial charge in [-0.15, -0.1) is 0 Å². The molecule has 1 saturated heterocycles. The molecule has 2 aromatic rings. The SMILES string of the molecule is O=C(CCCc1nc(-c2ccncc2)no1)N[C@@H]1CC[C@H](C(=O)N2CCCC2)C1. The highest BCUT2D eigenvalue weighted by atomic mass is 16.5. The number of likely N-dealkylation sites (tertiary alicyclic amines) is 1. The molecule has 0 radical (unpaired) electrons. The lowest BCUT2D eigenvalue weighted by Crippen LogP contribution is -2.36. The van der Waals surface area contributed by atoms with Crippen molar-refractivity contribution >= 4 is 11.8 Å². The summed E-state index contributed by atoms with van der Waals surface area (Å²) < 4.78 is 5.27. The molecule has 1 aliphatic heterocycles. The molecule has 29 heavy (non-hydrogen) atoms. The molecule has 2 aliphatic rings. The number of rotatable bonds is 7. The van der Waals surface area contributed by atoms with Gasteiger partial charge < -0.3 is 14.7 Å².